The van der Waals surface area contributed by atoms with Crippen LogP contribution in [0.3, 0.4) is 0 Å². The van der Waals surface area contributed by atoms with Crippen LogP contribution < -0.4 is 5.73 Å². The molecular formula is C10H17N3O2. The van der Waals surface area contributed by atoms with Crippen LogP contribution in [-0.4, -0.2) is 53.3 Å². The van der Waals surface area contributed by atoms with Gasteiger partial charge in [-0.1, -0.05) is 0 Å². The fraction of sp³-hybridized carbons (Fsp3) is 0.800. The van der Waals surface area contributed by atoms with Gasteiger partial charge in [0.1, 0.15) is 0 Å². The Morgan fingerprint density at radius 3 is 2.60 bits per heavy atom. The third-order valence-electron chi connectivity index (χ3n) is 2.95. The Morgan fingerprint density at radius 1 is 1.47 bits per heavy atom. The molecule has 0 aromatic carbocycles. The summed E-state index contributed by atoms with van der Waals surface area (Å²) < 4.78 is 0. The van der Waals surface area contributed by atoms with Gasteiger partial charge >= 0.3 is 0 Å². The molecule has 2 rings (SSSR count). The van der Waals surface area contributed by atoms with Crippen molar-refractivity contribution >= 4 is 11.8 Å². The summed E-state index contributed by atoms with van der Waals surface area (Å²) in [4.78, 5) is 26.7. The van der Waals surface area contributed by atoms with E-state index in [-0.39, 0.29) is 18.4 Å². The van der Waals surface area contributed by atoms with Gasteiger partial charge in [-0.3, -0.25) is 9.59 Å². The predicted molar refractivity (Wildman–Crippen MR) is 55.0 cm³/mol. The van der Waals surface area contributed by atoms with Gasteiger partial charge in [0.05, 0.1) is 12.6 Å². The molecule has 2 aliphatic rings. The highest BCUT2D eigenvalue weighted by Gasteiger charge is 2.37. The van der Waals surface area contributed by atoms with Crippen LogP contribution in [0.4, 0.5) is 0 Å². The molecular weight excluding hydrogens is 194 g/mol. The maximum absolute atomic E-state index is 11.7. The van der Waals surface area contributed by atoms with Gasteiger partial charge in [0.2, 0.25) is 11.8 Å². The molecule has 2 amide bonds. The third kappa shape index (κ3) is 2.12. The number of hydrogen-bond donors (Lipinski definition) is 1. The minimum atomic E-state index is -0.509. The van der Waals surface area contributed by atoms with E-state index in [2.05, 4.69) is 0 Å². The number of hydrogen-bond acceptors (Lipinski definition) is 3. The van der Waals surface area contributed by atoms with Crippen LogP contribution in [0.5, 0.6) is 0 Å². The topological polar surface area (TPSA) is 66.6 Å². The lowest BCUT2D eigenvalue weighted by molar-refractivity contribution is -0.146. The molecule has 0 aromatic heterocycles. The van der Waals surface area contributed by atoms with Crippen LogP contribution in [0.25, 0.3) is 0 Å². The second kappa shape index (κ2) is 3.81. The molecule has 1 saturated carbocycles. The zero-order valence-corrected chi connectivity index (χ0v) is 8.98. The van der Waals surface area contributed by atoms with Crippen molar-refractivity contribution in [1.82, 2.24) is 9.80 Å². The molecule has 5 heteroatoms. The summed E-state index contributed by atoms with van der Waals surface area (Å²) in [5.74, 6) is -0.0588. The highest BCUT2D eigenvalue weighted by Crippen LogP contribution is 2.27. The van der Waals surface area contributed by atoms with E-state index < -0.39 is 6.04 Å². The van der Waals surface area contributed by atoms with E-state index in [9.17, 15) is 9.59 Å². The van der Waals surface area contributed by atoms with Crippen molar-refractivity contribution in [2.45, 2.75) is 31.8 Å². The zero-order chi connectivity index (χ0) is 11.0. The third-order valence-corrected chi connectivity index (χ3v) is 2.95. The number of carbonyl (C=O) groups is 2. The van der Waals surface area contributed by atoms with Crippen LogP contribution >= 0.6 is 0 Å². The lowest BCUT2D eigenvalue weighted by Gasteiger charge is -2.35. The molecule has 0 radical (unpaired) electrons. The summed E-state index contributed by atoms with van der Waals surface area (Å²) in [6, 6.07) is -0.0599. The smallest absolute Gasteiger partial charge is 0.242 e. The van der Waals surface area contributed by atoms with Gasteiger partial charge in [-0.15, -0.1) is 0 Å². The quantitative estimate of drug-likeness (QED) is 0.648. The normalized spacial score (nSPS) is 24.3. The maximum Gasteiger partial charge on any atom is 0.242 e. The number of carbonyl (C=O) groups excluding carboxylic acids is 2. The monoisotopic (exact) mass is 211 g/mol. The van der Waals surface area contributed by atoms with E-state index in [1.54, 1.807) is 11.8 Å². The van der Waals surface area contributed by atoms with E-state index in [4.69, 9.17) is 5.73 Å². The van der Waals surface area contributed by atoms with Gasteiger partial charge in [-0.05, 0) is 19.8 Å². The van der Waals surface area contributed by atoms with E-state index >= 15 is 0 Å². The van der Waals surface area contributed by atoms with Gasteiger partial charge < -0.3 is 15.5 Å². The van der Waals surface area contributed by atoms with Crippen LogP contribution in [-0.2, 0) is 9.59 Å². The molecule has 1 saturated heterocycles. The van der Waals surface area contributed by atoms with Crippen molar-refractivity contribution in [2.24, 2.45) is 5.73 Å². The highest BCUT2D eigenvalue weighted by molar-refractivity contribution is 5.88. The molecule has 0 bridgehead atoms. The van der Waals surface area contributed by atoms with Gasteiger partial charge in [0, 0.05) is 19.1 Å². The molecule has 2 N–H and O–H groups in total. The largest absolute Gasteiger partial charge is 0.336 e. The van der Waals surface area contributed by atoms with Crippen molar-refractivity contribution in [2.75, 3.05) is 19.6 Å². The number of amides is 2. The van der Waals surface area contributed by atoms with Crippen molar-refractivity contribution in [3.05, 3.63) is 0 Å². The minimum Gasteiger partial charge on any atom is -0.336 e. The Bertz CT molecular complexity index is 286. The zero-order valence-electron chi connectivity index (χ0n) is 8.98. The Hall–Kier alpha value is -1.10. The minimum absolute atomic E-state index is 0.0674. The van der Waals surface area contributed by atoms with Gasteiger partial charge in [-0.25, -0.2) is 0 Å². The highest BCUT2D eigenvalue weighted by atomic mass is 16.2. The molecule has 1 heterocycles. The average Bonchev–Trinajstić information content (AvgIpc) is 3.00. The van der Waals surface area contributed by atoms with Gasteiger partial charge in [-0.2, -0.15) is 0 Å². The lowest BCUT2D eigenvalue weighted by atomic mass is 10.2. The Morgan fingerprint density at radius 2 is 2.13 bits per heavy atom. The summed E-state index contributed by atoms with van der Waals surface area (Å²) in [6.45, 7) is 3.15. The molecule has 5 nitrogen and oxygen atoms in total. The lowest BCUT2D eigenvalue weighted by Crippen LogP contribution is -2.55. The Labute approximate surface area is 89.2 Å². The summed E-state index contributed by atoms with van der Waals surface area (Å²) in [6.07, 6.45) is 2.24. The van der Waals surface area contributed by atoms with Gasteiger partial charge in [0.25, 0.3) is 0 Å². The second-order valence-corrected chi connectivity index (χ2v) is 4.37. The first-order valence-electron chi connectivity index (χ1n) is 5.43. The van der Waals surface area contributed by atoms with Crippen molar-refractivity contribution in [1.29, 1.82) is 0 Å². The number of piperazine rings is 1. The van der Waals surface area contributed by atoms with Gasteiger partial charge in [0.15, 0.2) is 0 Å². The molecule has 1 atom stereocenters. The summed E-state index contributed by atoms with van der Waals surface area (Å²) >= 11 is 0. The van der Waals surface area contributed by atoms with E-state index in [0.29, 0.717) is 19.1 Å². The molecule has 0 aromatic rings. The van der Waals surface area contributed by atoms with E-state index in [1.165, 1.54) is 0 Å². The number of rotatable bonds is 2. The second-order valence-electron chi connectivity index (χ2n) is 4.37. The van der Waals surface area contributed by atoms with Crippen molar-refractivity contribution in [3.8, 4) is 0 Å². The molecule has 84 valence electrons. The fourth-order valence-corrected chi connectivity index (χ4v) is 1.93. The van der Waals surface area contributed by atoms with Crippen molar-refractivity contribution in [3.63, 3.8) is 0 Å². The van der Waals surface area contributed by atoms with E-state index in [0.717, 1.165) is 12.8 Å². The molecule has 2 fully saturated rings. The number of nitrogens with zero attached hydrogens (tertiary/aromatic N) is 2. The van der Waals surface area contributed by atoms with Crippen LogP contribution in [0.1, 0.15) is 19.8 Å². The molecule has 0 spiro atoms. The molecule has 1 aliphatic carbocycles. The maximum atomic E-state index is 11.7. The molecule has 15 heavy (non-hydrogen) atoms. The Kier molecular flexibility index (Phi) is 2.65. The number of nitrogens with two attached hydrogens (primary N) is 1. The molecule has 1 aliphatic heterocycles. The Balaban J connectivity index is 1.93. The average molecular weight is 211 g/mol. The summed E-state index contributed by atoms with van der Waals surface area (Å²) in [5.41, 5.74) is 5.50. The van der Waals surface area contributed by atoms with Crippen LogP contribution in [0, 0.1) is 0 Å². The first kappa shape index (κ1) is 10.4. The standard InChI is InChI=1S/C10H17N3O2/c1-7(11)10(15)12-4-5-13(8-2-3-8)9(14)6-12/h7-8H,2-6,11H2,1H3/t7-/m0/s1. The summed E-state index contributed by atoms with van der Waals surface area (Å²) in [7, 11) is 0. The van der Waals surface area contributed by atoms with Crippen LogP contribution in [0.2, 0.25) is 0 Å². The molecule has 0 unspecified atom stereocenters. The summed E-state index contributed by atoms with van der Waals surface area (Å²) in [5, 5.41) is 0. The van der Waals surface area contributed by atoms with E-state index in [1.807, 2.05) is 4.90 Å². The van der Waals surface area contributed by atoms with Crippen molar-refractivity contribution < 1.29 is 9.59 Å². The fourth-order valence-electron chi connectivity index (χ4n) is 1.93. The predicted octanol–water partition coefficient (Wildman–Crippen LogP) is -0.833. The first-order valence-corrected chi connectivity index (χ1v) is 5.43. The SMILES string of the molecule is C[C@H](N)C(=O)N1CCN(C2CC2)C(=O)C1. The first-order chi connectivity index (χ1) is 7.09. The van der Waals surface area contributed by atoms with Crippen LogP contribution in [0.15, 0.2) is 0 Å².